The lowest BCUT2D eigenvalue weighted by Gasteiger charge is -2.19. The van der Waals surface area contributed by atoms with Gasteiger partial charge in [-0.05, 0) is 12.5 Å². The van der Waals surface area contributed by atoms with Crippen LogP contribution in [0.5, 0.6) is 11.5 Å². The number of carbonyl (C=O) groups excluding carboxylic acids is 1. The normalized spacial score (nSPS) is 14.6. The zero-order chi connectivity index (χ0) is 20.6. The summed E-state index contributed by atoms with van der Waals surface area (Å²) in [6.45, 7) is 1.85. The van der Waals surface area contributed by atoms with Crippen LogP contribution >= 0.6 is 0 Å². The quantitative estimate of drug-likeness (QED) is 0.719. The monoisotopic (exact) mass is 405 g/mol. The molecule has 0 aliphatic carbocycles. The summed E-state index contributed by atoms with van der Waals surface area (Å²) in [4.78, 5) is 16.2. The molecule has 0 fully saturated rings. The van der Waals surface area contributed by atoms with Gasteiger partial charge in [0.25, 0.3) is 0 Å². The second kappa shape index (κ2) is 7.31. The molecule has 3 aromatic rings. The molecule has 0 radical (unpaired) electrons. The minimum Gasteiger partial charge on any atom is -0.486 e. The van der Waals surface area contributed by atoms with Crippen LogP contribution in [0.4, 0.5) is 13.2 Å². The van der Waals surface area contributed by atoms with Crippen LogP contribution < -0.4 is 14.8 Å². The third-order valence-electron chi connectivity index (χ3n) is 4.64. The van der Waals surface area contributed by atoms with Crippen LogP contribution in [-0.4, -0.2) is 28.7 Å². The maximum atomic E-state index is 13.6. The lowest BCUT2D eigenvalue weighted by Crippen LogP contribution is -2.31. The van der Waals surface area contributed by atoms with Crippen molar-refractivity contribution in [3.8, 4) is 11.5 Å². The number of nitrogens with one attached hydrogen (secondary N) is 1. The van der Waals surface area contributed by atoms with Gasteiger partial charge in [0.1, 0.15) is 19.8 Å². The number of halogens is 3. The van der Waals surface area contributed by atoms with Gasteiger partial charge in [0, 0.05) is 12.1 Å². The third-order valence-corrected chi connectivity index (χ3v) is 4.64. The molecule has 29 heavy (non-hydrogen) atoms. The van der Waals surface area contributed by atoms with Crippen LogP contribution in [0.25, 0.3) is 11.0 Å². The Labute approximate surface area is 164 Å². The number of alkyl halides is 3. The van der Waals surface area contributed by atoms with Crippen LogP contribution in [-0.2, 0) is 17.5 Å². The second-order valence-electron chi connectivity index (χ2n) is 6.70. The number of nitrogens with zero attached hydrogens (tertiary/aromatic N) is 2. The van der Waals surface area contributed by atoms with E-state index in [2.05, 4.69) is 10.3 Å². The van der Waals surface area contributed by atoms with Gasteiger partial charge in [-0.25, -0.2) is 4.98 Å². The topological polar surface area (TPSA) is 65.4 Å². The molecule has 0 unspecified atom stereocenters. The van der Waals surface area contributed by atoms with E-state index < -0.39 is 24.5 Å². The summed E-state index contributed by atoms with van der Waals surface area (Å²) < 4.78 is 52.4. The summed E-state index contributed by atoms with van der Waals surface area (Å²) in [6, 6.07) is 11.7. The Kier molecular flexibility index (Phi) is 4.81. The number of rotatable bonds is 4. The molecule has 0 saturated heterocycles. The van der Waals surface area contributed by atoms with Crippen molar-refractivity contribution in [3.05, 3.63) is 53.9 Å². The number of imidazole rings is 1. The number of benzene rings is 2. The summed E-state index contributed by atoms with van der Waals surface area (Å²) in [7, 11) is 0. The molecule has 9 heteroatoms. The molecule has 0 spiro atoms. The molecular formula is C20H18F3N3O3. The van der Waals surface area contributed by atoms with E-state index in [-0.39, 0.29) is 17.1 Å². The van der Waals surface area contributed by atoms with Crippen LogP contribution in [0.2, 0.25) is 0 Å². The number of fused-ring (bicyclic) bond motifs is 2. The van der Waals surface area contributed by atoms with E-state index in [9.17, 15) is 18.0 Å². The first-order chi connectivity index (χ1) is 13.8. The average Bonchev–Trinajstić information content (AvgIpc) is 3.04. The Morgan fingerprint density at radius 1 is 1.17 bits per heavy atom. The first-order valence-corrected chi connectivity index (χ1v) is 9.04. The molecule has 0 bridgehead atoms. The van der Waals surface area contributed by atoms with E-state index in [1.807, 2.05) is 30.3 Å². The van der Waals surface area contributed by atoms with Gasteiger partial charge in [-0.1, -0.05) is 30.3 Å². The van der Waals surface area contributed by atoms with Crippen molar-refractivity contribution in [2.45, 2.75) is 25.7 Å². The molecule has 1 amide bonds. The van der Waals surface area contributed by atoms with Crippen molar-refractivity contribution in [1.29, 1.82) is 0 Å². The van der Waals surface area contributed by atoms with E-state index in [1.165, 1.54) is 12.1 Å². The highest BCUT2D eigenvalue weighted by Gasteiger charge is 2.38. The summed E-state index contributed by atoms with van der Waals surface area (Å²) in [6.07, 6.45) is -4.72. The molecule has 1 aliphatic rings. The predicted octanol–water partition coefficient (Wildman–Crippen LogP) is 3.70. The zero-order valence-corrected chi connectivity index (χ0v) is 15.5. The van der Waals surface area contributed by atoms with E-state index in [1.54, 1.807) is 6.92 Å². The van der Waals surface area contributed by atoms with Crippen molar-refractivity contribution in [3.63, 3.8) is 0 Å². The minimum absolute atomic E-state index is 0.0884. The minimum atomic E-state index is -4.72. The highest BCUT2D eigenvalue weighted by molar-refractivity contribution is 5.84. The Morgan fingerprint density at radius 2 is 1.83 bits per heavy atom. The molecule has 0 saturated carbocycles. The van der Waals surface area contributed by atoms with Gasteiger partial charge in [0.2, 0.25) is 11.7 Å². The summed E-state index contributed by atoms with van der Waals surface area (Å²) in [5, 5.41) is 2.73. The van der Waals surface area contributed by atoms with Crippen molar-refractivity contribution < 1.29 is 27.4 Å². The Morgan fingerprint density at radius 3 is 2.48 bits per heavy atom. The molecule has 4 rings (SSSR count). The number of amides is 1. The van der Waals surface area contributed by atoms with Crippen LogP contribution in [0.1, 0.15) is 24.4 Å². The molecular weight excluding hydrogens is 387 g/mol. The van der Waals surface area contributed by atoms with Crippen molar-refractivity contribution in [1.82, 2.24) is 14.9 Å². The van der Waals surface area contributed by atoms with Crippen LogP contribution in [0.3, 0.4) is 0 Å². The number of ether oxygens (including phenoxy) is 2. The largest absolute Gasteiger partial charge is 0.486 e. The van der Waals surface area contributed by atoms with E-state index in [0.29, 0.717) is 24.7 Å². The summed E-state index contributed by atoms with van der Waals surface area (Å²) in [5.74, 6) is -1.03. The van der Waals surface area contributed by atoms with Gasteiger partial charge in [0.15, 0.2) is 11.5 Å². The molecule has 1 aromatic heterocycles. The van der Waals surface area contributed by atoms with Crippen molar-refractivity contribution in [2.75, 3.05) is 13.2 Å². The van der Waals surface area contributed by atoms with Gasteiger partial charge in [-0.15, -0.1) is 0 Å². The predicted molar refractivity (Wildman–Crippen MR) is 98.7 cm³/mol. The summed E-state index contributed by atoms with van der Waals surface area (Å²) >= 11 is 0. The number of aromatic nitrogens is 2. The SMILES string of the molecule is C[C@H](NC(=O)Cn1c(C(F)(F)F)nc2cc3c(cc21)OCCO3)c1ccccc1. The fraction of sp³-hybridized carbons (Fsp3) is 0.300. The van der Waals surface area contributed by atoms with Gasteiger partial charge in [-0.2, -0.15) is 13.2 Å². The third kappa shape index (κ3) is 3.85. The highest BCUT2D eigenvalue weighted by Crippen LogP contribution is 2.38. The maximum Gasteiger partial charge on any atom is 0.449 e. The van der Waals surface area contributed by atoms with Crippen LogP contribution in [0.15, 0.2) is 42.5 Å². The molecule has 1 N–H and O–H groups in total. The van der Waals surface area contributed by atoms with Gasteiger partial charge >= 0.3 is 6.18 Å². The standard InChI is InChI=1S/C20H18F3N3O3/c1-12(13-5-3-2-4-6-13)24-18(27)11-26-15-10-17-16(28-7-8-29-17)9-14(15)25-19(26)20(21,22)23/h2-6,9-10,12H,7-8,11H2,1H3,(H,24,27)/t12-/m0/s1. The molecule has 6 nitrogen and oxygen atoms in total. The fourth-order valence-corrected chi connectivity index (χ4v) is 3.29. The van der Waals surface area contributed by atoms with E-state index in [4.69, 9.17) is 9.47 Å². The van der Waals surface area contributed by atoms with Gasteiger partial charge < -0.3 is 19.4 Å². The fourth-order valence-electron chi connectivity index (χ4n) is 3.29. The molecule has 1 aliphatic heterocycles. The number of hydrogen-bond donors (Lipinski definition) is 1. The van der Waals surface area contributed by atoms with E-state index >= 15 is 0 Å². The first-order valence-electron chi connectivity index (χ1n) is 9.04. The van der Waals surface area contributed by atoms with E-state index in [0.717, 1.165) is 10.1 Å². The van der Waals surface area contributed by atoms with Gasteiger partial charge in [0.05, 0.1) is 17.1 Å². The second-order valence-corrected chi connectivity index (χ2v) is 6.70. The van der Waals surface area contributed by atoms with Gasteiger partial charge in [-0.3, -0.25) is 4.79 Å². The Bertz CT molecular complexity index is 1050. The highest BCUT2D eigenvalue weighted by atomic mass is 19.4. The molecule has 152 valence electrons. The first kappa shape index (κ1) is 19.1. The average molecular weight is 405 g/mol. The van der Waals surface area contributed by atoms with Crippen molar-refractivity contribution in [2.24, 2.45) is 0 Å². The zero-order valence-electron chi connectivity index (χ0n) is 15.5. The van der Waals surface area contributed by atoms with Crippen LogP contribution in [0, 0.1) is 0 Å². The number of hydrogen-bond acceptors (Lipinski definition) is 4. The summed E-state index contributed by atoms with van der Waals surface area (Å²) in [5.41, 5.74) is 1.10. The smallest absolute Gasteiger partial charge is 0.449 e. The van der Waals surface area contributed by atoms with Crippen molar-refractivity contribution >= 4 is 16.9 Å². The lowest BCUT2D eigenvalue weighted by atomic mass is 10.1. The lowest BCUT2D eigenvalue weighted by molar-refractivity contribution is -0.147. The Hall–Kier alpha value is -3.23. The number of carbonyl (C=O) groups is 1. The maximum absolute atomic E-state index is 13.6. The molecule has 2 heterocycles. The molecule has 1 atom stereocenters. The Balaban J connectivity index is 1.67. The molecule has 2 aromatic carbocycles.